The fraction of sp³-hybridized carbons (Fsp3) is 0.833. The lowest BCUT2D eigenvalue weighted by molar-refractivity contribution is -0.399. The fourth-order valence-corrected chi connectivity index (χ4v) is 1.25. The molecule has 0 radical (unpaired) electrons. The van der Waals surface area contributed by atoms with E-state index in [-0.39, 0.29) is 0 Å². The van der Waals surface area contributed by atoms with Gasteiger partial charge in [0.05, 0.1) is 5.60 Å². The molecule has 0 bridgehead atoms. The maximum Gasteiger partial charge on any atom is 0.396 e. The van der Waals surface area contributed by atoms with Crippen molar-refractivity contribution >= 4 is 11.9 Å². The molecule has 0 aliphatic heterocycles. The van der Waals surface area contributed by atoms with Gasteiger partial charge < -0.3 is 10.5 Å². The van der Waals surface area contributed by atoms with Gasteiger partial charge in [0.15, 0.2) is 0 Å². The van der Waals surface area contributed by atoms with Crippen molar-refractivity contribution in [2.45, 2.75) is 65.3 Å². The van der Waals surface area contributed by atoms with E-state index in [0.717, 1.165) is 0 Å². The summed E-state index contributed by atoms with van der Waals surface area (Å²) in [6, 6.07) is 0. The van der Waals surface area contributed by atoms with Gasteiger partial charge in [-0.3, -0.25) is 4.79 Å². The van der Waals surface area contributed by atoms with Gasteiger partial charge in [0.2, 0.25) is 0 Å². The van der Waals surface area contributed by atoms with Gasteiger partial charge in [-0.05, 0) is 41.5 Å². The summed E-state index contributed by atoms with van der Waals surface area (Å²) in [4.78, 5) is 32.1. The number of carbonyl (C=O) groups is 2. The van der Waals surface area contributed by atoms with Crippen LogP contribution in [0.5, 0.6) is 0 Å². The van der Waals surface area contributed by atoms with Crippen LogP contribution in [0.2, 0.25) is 0 Å². The van der Waals surface area contributed by atoms with Crippen LogP contribution in [-0.4, -0.2) is 29.2 Å². The number of nitrogens with two attached hydrogens (primary N) is 1. The molecule has 6 heteroatoms. The minimum atomic E-state index is -1.11. The third-order valence-corrected chi connectivity index (χ3v) is 1.81. The van der Waals surface area contributed by atoms with Crippen LogP contribution in [0.4, 0.5) is 0 Å². The van der Waals surface area contributed by atoms with Crippen molar-refractivity contribution in [1.82, 2.24) is 0 Å². The molecule has 18 heavy (non-hydrogen) atoms. The van der Waals surface area contributed by atoms with Crippen molar-refractivity contribution in [2.75, 3.05) is 0 Å². The highest BCUT2D eigenvalue weighted by atomic mass is 17.2. The molecule has 1 atom stereocenters. The first-order valence-corrected chi connectivity index (χ1v) is 5.80. The van der Waals surface area contributed by atoms with Gasteiger partial charge in [-0.1, -0.05) is 0 Å². The van der Waals surface area contributed by atoms with E-state index in [9.17, 15) is 9.59 Å². The zero-order chi connectivity index (χ0) is 14.6. The number of esters is 1. The molecule has 0 aliphatic rings. The van der Waals surface area contributed by atoms with Crippen LogP contribution >= 0.6 is 0 Å². The third-order valence-electron chi connectivity index (χ3n) is 1.81. The molecule has 0 heterocycles. The number of ether oxygens (including phenoxy) is 1. The first-order valence-electron chi connectivity index (χ1n) is 5.80. The average molecular weight is 261 g/mol. The Hall–Kier alpha value is -1.14. The predicted octanol–water partition coefficient (Wildman–Crippen LogP) is 1.32. The fourth-order valence-electron chi connectivity index (χ4n) is 1.25. The predicted molar refractivity (Wildman–Crippen MR) is 65.4 cm³/mol. The molecular weight excluding hydrogens is 238 g/mol. The molecule has 106 valence electrons. The molecule has 0 saturated heterocycles. The van der Waals surface area contributed by atoms with E-state index in [1.807, 2.05) is 20.8 Å². The highest BCUT2D eigenvalue weighted by Crippen LogP contribution is 2.22. The number of amides is 1. The summed E-state index contributed by atoms with van der Waals surface area (Å²) in [5, 5.41) is 0. The summed E-state index contributed by atoms with van der Waals surface area (Å²) in [7, 11) is 0. The van der Waals surface area contributed by atoms with E-state index in [2.05, 4.69) is 0 Å². The van der Waals surface area contributed by atoms with Crippen LogP contribution in [0, 0.1) is 0 Å². The van der Waals surface area contributed by atoms with Gasteiger partial charge in [0, 0.05) is 6.42 Å². The van der Waals surface area contributed by atoms with Crippen molar-refractivity contribution in [3.8, 4) is 0 Å². The Morgan fingerprint density at radius 2 is 1.61 bits per heavy atom. The van der Waals surface area contributed by atoms with Crippen LogP contribution in [0.25, 0.3) is 0 Å². The molecule has 1 unspecified atom stereocenters. The van der Waals surface area contributed by atoms with Gasteiger partial charge in [-0.15, -0.1) is 0 Å². The van der Waals surface area contributed by atoms with Gasteiger partial charge in [-0.25, -0.2) is 14.6 Å². The molecule has 0 aromatic carbocycles. The van der Waals surface area contributed by atoms with E-state index in [1.54, 1.807) is 20.8 Å². The van der Waals surface area contributed by atoms with E-state index >= 15 is 0 Å². The molecule has 0 aliphatic carbocycles. The molecular formula is C12H23NO5. The van der Waals surface area contributed by atoms with Crippen LogP contribution in [0.15, 0.2) is 0 Å². The van der Waals surface area contributed by atoms with Crippen molar-refractivity contribution < 1.29 is 24.1 Å². The van der Waals surface area contributed by atoms with Gasteiger partial charge in [-0.2, -0.15) is 0 Å². The summed E-state index contributed by atoms with van der Waals surface area (Å²) >= 11 is 0. The molecule has 0 fully saturated rings. The number of rotatable bonds is 5. The van der Waals surface area contributed by atoms with Crippen molar-refractivity contribution in [3.63, 3.8) is 0 Å². The van der Waals surface area contributed by atoms with E-state index in [0.29, 0.717) is 6.42 Å². The van der Waals surface area contributed by atoms with E-state index < -0.39 is 29.2 Å². The van der Waals surface area contributed by atoms with Crippen LogP contribution < -0.4 is 5.73 Å². The molecule has 0 rings (SSSR count). The largest absolute Gasteiger partial charge is 0.455 e. The summed E-state index contributed by atoms with van der Waals surface area (Å²) in [5.41, 5.74) is 3.72. The monoisotopic (exact) mass is 261 g/mol. The Bertz CT molecular complexity index is 306. The van der Waals surface area contributed by atoms with Crippen molar-refractivity contribution in [2.24, 2.45) is 5.73 Å². The Morgan fingerprint density at radius 3 is 2.00 bits per heavy atom. The minimum absolute atomic E-state index is 0.377. The zero-order valence-corrected chi connectivity index (χ0v) is 11.9. The molecule has 1 amide bonds. The average Bonchev–Trinajstić information content (AvgIpc) is 2.12. The summed E-state index contributed by atoms with van der Waals surface area (Å²) < 4.78 is 4.83. The molecule has 0 spiro atoms. The molecule has 0 saturated carbocycles. The SMILES string of the molecule is CC(CC(C)(C)OOC(C)(C)C)OC(=O)C(N)=O. The molecule has 0 aromatic heterocycles. The normalized spacial score (nSPS) is 14.1. The number of hydrogen-bond donors (Lipinski definition) is 1. The lowest BCUT2D eigenvalue weighted by Crippen LogP contribution is -2.36. The standard InChI is InChI=1S/C12H23NO5/c1-8(16-10(15)9(13)14)7-12(5,6)18-17-11(2,3)4/h8H,7H2,1-6H3,(H2,13,14). The Labute approximate surface area is 108 Å². The number of hydrogen-bond acceptors (Lipinski definition) is 5. The zero-order valence-electron chi connectivity index (χ0n) is 11.9. The number of primary amides is 1. The Morgan fingerprint density at radius 1 is 1.11 bits per heavy atom. The molecule has 2 N–H and O–H groups in total. The lowest BCUT2D eigenvalue weighted by Gasteiger charge is -2.30. The van der Waals surface area contributed by atoms with Crippen LogP contribution in [-0.2, 0) is 24.1 Å². The first kappa shape index (κ1) is 16.9. The van der Waals surface area contributed by atoms with Crippen LogP contribution in [0.3, 0.4) is 0 Å². The van der Waals surface area contributed by atoms with E-state index in [1.165, 1.54) is 0 Å². The van der Waals surface area contributed by atoms with Gasteiger partial charge in [0.25, 0.3) is 0 Å². The second-order valence-corrected chi connectivity index (χ2v) is 5.82. The molecule has 0 aromatic rings. The maximum atomic E-state index is 11.0. The highest BCUT2D eigenvalue weighted by Gasteiger charge is 2.28. The smallest absolute Gasteiger partial charge is 0.396 e. The van der Waals surface area contributed by atoms with Crippen molar-refractivity contribution in [3.05, 3.63) is 0 Å². The quantitative estimate of drug-likeness (QED) is 0.349. The van der Waals surface area contributed by atoms with Gasteiger partial charge in [0.1, 0.15) is 11.7 Å². The Kier molecular flexibility index (Phi) is 5.76. The Balaban J connectivity index is 4.23. The van der Waals surface area contributed by atoms with Crippen molar-refractivity contribution in [1.29, 1.82) is 0 Å². The second kappa shape index (κ2) is 6.15. The first-order chi connectivity index (χ1) is 7.93. The second-order valence-electron chi connectivity index (χ2n) is 5.82. The topological polar surface area (TPSA) is 87.8 Å². The lowest BCUT2D eigenvalue weighted by atomic mass is 10.0. The third kappa shape index (κ3) is 8.03. The summed E-state index contributed by atoms with van der Waals surface area (Å²) in [6.45, 7) is 10.8. The minimum Gasteiger partial charge on any atom is -0.455 e. The number of carbonyl (C=O) groups excluding carboxylic acids is 2. The maximum absolute atomic E-state index is 11.0. The summed E-state index contributed by atoms with van der Waals surface area (Å²) in [5.74, 6) is -2.15. The van der Waals surface area contributed by atoms with E-state index in [4.69, 9.17) is 20.2 Å². The van der Waals surface area contributed by atoms with Crippen LogP contribution in [0.1, 0.15) is 48.0 Å². The summed E-state index contributed by atoms with van der Waals surface area (Å²) in [6.07, 6.45) is -0.120. The molecule has 6 nitrogen and oxygen atoms in total. The highest BCUT2D eigenvalue weighted by molar-refractivity contribution is 6.31. The van der Waals surface area contributed by atoms with Gasteiger partial charge >= 0.3 is 11.9 Å².